The molecule has 0 saturated heterocycles. The zero-order valence-electron chi connectivity index (χ0n) is 11.9. The van der Waals surface area contributed by atoms with Crippen molar-refractivity contribution in [3.63, 3.8) is 0 Å². The van der Waals surface area contributed by atoms with Crippen LogP contribution in [-0.4, -0.2) is 5.91 Å². The Labute approximate surface area is 134 Å². The summed E-state index contributed by atoms with van der Waals surface area (Å²) in [6.07, 6.45) is 0. The minimum atomic E-state index is -0.0969. The maximum Gasteiger partial charge on any atom is 0.251 e. The summed E-state index contributed by atoms with van der Waals surface area (Å²) in [6, 6.07) is 15.2. The van der Waals surface area contributed by atoms with Crippen molar-refractivity contribution in [2.75, 3.05) is 5.32 Å². The van der Waals surface area contributed by atoms with E-state index in [4.69, 9.17) is 11.6 Å². The molecule has 2 aromatic carbocycles. The Balaban J connectivity index is 1.96. The molecule has 108 valence electrons. The molecule has 0 atom stereocenters. The smallest absolute Gasteiger partial charge is 0.251 e. The van der Waals surface area contributed by atoms with Crippen LogP contribution in [-0.2, 0) is 4.79 Å². The molecule has 0 unspecified atom stereocenters. The predicted octanol–water partition coefficient (Wildman–Crippen LogP) is 5.28. The van der Waals surface area contributed by atoms with Gasteiger partial charge in [-0.3, -0.25) is 4.79 Å². The number of nitrogens with one attached hydrogen (secondary N) is 1. The first kappa shape index (κ1) is 15.7. The number of halogens is 1. The number of aryl methyl sites for hydroxylation is 1. The van der Waals surface area contributed by atoms with Gasteiger partial charge in [0.25, 0.3) is 5.91 Å². The molecule has 0 heterocycles. The molecular formula is C17H16ClNOS. The third-order valence-electron chi connectivity index (χ3n) is 2.85. The van der Waals surface area contributed by atoms with Crippen molar-refractivity contribution in [2.45, 2.75) is 18.7 Å². The third-order valence-corrected chi connectivity index (χ3v) is 4.12. The lowest BCUT2D eigenvalue weighted by Crippen LogP contribution is -2.12. The molecule has 2 aromatic rings. The monoisotopic (exact) mass is 317 g/mol. The van der Waals surface area contributed by atoms with Crippen LogP contribution < -0.4 is 5.32 Å². The number of thioether (sulfide) groups is 1. The Kier molecular flexibility index (Phi) is 5.48. The summed E-state index contributed by atoms with van der Waals surface area (Å²) >= 11 is 7.33. The highest BCUT2D eigenvalue weighted by Crippen LogP contribution is 2.23. The molecule has 4 heteroatoms. The zero-order valence-corrected chi connectivity index (χ0v) is 13.5. The van der Waals surface area contributed by atoms with Crippen LogP contribution in [0.25, 0.3) is 0 Å². The third kappa shape index (κ3) is 4.96. The average Bonchev–Trinajstić information content (AvgIpc) is 2.48. The zero-order chi connectivity index (χ0) is 15.2. The van der Waals surface area contributed by atoms with Crippen LogP contribution in [0.15, 0.2) is 64.4 Å². The summed E-state index contributed by atoms with van der Waals surface area (Å²) in [5, 5.41) is 5.42. The first-order valence-corrected chi connectivity index (χ1v) is 7.77. The molecule has 0 aromatic heterocycles. The number of carbonyl (C=O) groups excluding carboxylic acids is 1. The lowest BCUT2D eigenvalue weighted by atomic mass is 10.2. The summed E-state index contributed by atoms with van der Waals surface area (Å²) in [5.74, 6) is -0.0969. The highest BCUT2D eigenvalue weighted by Gasteiger charge is 2.04. The van der Waals surface area contributed by atoms with E-state index in [1.54, 1.807) is 6.92 Å². The van der Waals surface area contributed by atoms with Crippen molar-refractivity contribution in [3.05, 3.63) is 70.1 Å². The van der Waals surface area contributed by atoms with Crippen LogP contribution in [0.1, 0.15) is 12.5 Å². The van der Waals surface area contributed by atoms with Crippen LogP contribution in [0.4, 0.5) is 5.69 Å². The highest BCUT2D eigenvalue weighted by atomic mass is 35.5. The molecule has 0 fully saturated rings. The number of hydrogen-bond acceptors (Lipinski definition) is 2. The first-order valence-electron chi connectivity index (χ1n) is 6.51. The first-order chi connectivity index (χ1) is 10.0. The number of hydrogen-bond donors (Lipinski definition) is 1. The van der Waals surface area contributed by atoms with E-state index in [9.17, 15) is 4.79 Å². The van der Waals surface area contributed by atoms with E-state index in [0.29, 0.717) is 10.6 Å². The van der Waals surface area contributed by atoms with E-state index in [1.165, 1.54) is 17.3 Å². The van der Waals surface area contributed by atoms with Crippen molar-refractivity contribution >= 4 is 35.0 Å². The Bertz CT molecular complexity index is 647. The Hall–Kier alpha value is -1.71. The SMILES string of the molecule is C/C(=C\Sc1ccc(Cl)cc1)C(=O)Nc1ccc(C)cc1. The van der Waals surface area contributed by atoms with E-state index < -0.39 is 0 Å². The van der Waals surface area contributed by atoms with E-state index in [-0.39, 0.29) is 5.91 Å². The summed E-state index contributed by atoms with van der Waals surface area (Å²) < 4.78 is 0. The van der Waals surface area contributed by atoms with Crippen molar-refractivity contribution in [1.82, 2.24) is 0 Å². The molecule has 2 nitrogen and oxygen atoms in total. The van der Waals surface area contributed by atoms with Crippen LogP contribution >= 0.6 is 23.4 Å². The minimum Gasteiger partial charge on any atom is -0.322 e. The highest BCUT2D eigenvalue weighted by molar-refractivity contribution is 8.02. The summed E-state index contributed by atoms with van der Waals surface area (Å²) in [6.45, 7) is 3.81. The fraction of sp³-hybridized carbons (Fsp3) is 0.118. The van der Waals surface area contributed by atoms with Gasteiger partial charge in [-0.25, -0.2) is 0 Å². The molecule has 0 saturated carbocycles. The van der Waals surface area contributed by atoms with Gasteiger partial charge in [0.05, 0.1) is 0 Å². The van der Waals surface area contributed by atoms with Gasteiger partial charge in [-0.15, -0.1) is 0 Å². The number of benzene rings is 2. The molecule has 0 aliphatic heterocycles. The number of anilines is 1. The molecule has 0 spiro atoms. The van der Waals surface area contributed by atoms with Crippen LogP contribution in [0.3, 0.4) is 0 Å². The Morgan fingerprint density at radius 2 is 1.71 bits per heavy atom. The predicted molar refractivity (Wildman–Crippen MR) is 90.9 cm³/mol. The van der Waals surface area contributed by atoms with Crippen LogP contribution in [0.2, 0.25) is 5.02 Å². The van der Waals surface area contributed by atoms with E-state index in [0.717, 1.165) is 10.6 Å². The molecule has 0 bridgehead atoms. The normalized spacial score (nSPS) is 11.3. The van der Waals surface area contributed by atoms with Crippen LogP contribution in [0.5, 0.6) is 0 Å². The second kappa shape index (κ2) is 7.34. The number of carbonyl (C=O) groups is 1. The molecule has 0 aliphatic rings. The summed E-state index contributed by atoms with van der Waals surface area (Å²) in [5.41, 5.74) is 2.63. The fourth-order valence-electron chi connectivity index (χ4n) is 1.59. The van der Waals surface area contributed by atoms with E-state index >= 15 is 0 Å². The Morgan fingerprint density at radius 3 is 2.33 bits per heavy atom. The number of rotatable bonds is 4. The maximum atomic E-state index is 12.1. The average molecular weight is 318 g/mol. The standard InChI is InChI=1S/C17H16ClNOS/c1-12-3-7-15(8-4-12)19-17(20)13(2)11-21-16-9-5-14(18)6-10-16/h3-11H,1-2H3,(H,19,20)/b13-11+. The van der Waals surface area contributed by atoms with Gasteiger partial charge in [0, 0.05) is 21.2 Å². The Morgan fingerprint density at radius 1 is 1.10 bits per heavy atom. The molecule has 1 amide bonds. The van der Waals surface area contributed by atoms with Crippen molar-refractivity contribution in [1.29, 1.82) is 0 Å². The van der Waals surface area contributed by atoms with Gasteiger partial charge < -0.3 is 5.32 Å². The van der Waals surface area contributed by atoms with E-state index in [1.807, 2.05) is 60.9 Å². The lowest BCUT2D eigenvalue weighted by Gasteiger charge is -2.06. The topological polar surface area (TPSA) is 29.1 Å². The lowest BCUT2D eigenvalue weighted by molar-refractivity contribution is -0.112. The molecule has 1 N–H and O–H groups in total. The van der Waals surface area contributed by atoms with E-state index in [2.05, 4.69) is 5.32 Å². The van der Waals surface area contributed by atoms with Crippen molar-refractivity contribution < 1.29 is 4.79 Å². The van der Waals surface area contributed by atoms with Gasteiger partial charge in [-0.2, -0.15) is 0 Å². The minimum absolute atomic E-state index is 0.0969. The van der Waals surface area contributed by atoms with Gasteiger partial charge in [0.15, 0.2) is 0 Å². The fourth-order valence-corrected chi connectivity index (χ4v) is 2.43. The van der Waals surface area contributed by atoms with Crippen molar-refractivity contribution in [3.8, 4) is 0 Å². The molecule has 0 radical (unpaired) electrons. The van der Waals surface area contributed by atoms with Crippen molar-refractivity contribution in [2.24, 2.45) is 0 Å². The number of amides is 1. The molecular weight excluding hydrogens is 302 g/mol. The quantitative estimate of drug-likeness (QED) is 0.613. The maximum absolute atomic E-state index is 12.1. The second-order valence-electron chi connectivity index (χ2n) is 4.69. The molecule has 0 aliphatic carbocycles. The van der Waals surface area contributed by atoms with Gasteiger partial charge in [-0.05, 0) is 55.7 Å². The largest absolute Gasteiger partial charge is 0.322 e. The van der Waals surface area contributed by atoms with Gasteiger partial charge >= 0.3 is 0 Å². The van der Waals surface area contributed by atoms with Crippen LogP contribution in [0, 0.1) is 6.92 Å². The molecule has 21 heavy (non-hydrogen) atoms. The molecule has 2 rings (SSSR count). The van der Waals surface area contributed by atoms with Gasteiger partial charge in [0.2, 0.25) is 0 Å². The van der Waals surface area contributed by atoms with Gasteiger partial charge in [0.1, 0.15) is 0 Å². The summed E-state index contributed by atoms with van der Waals surface area (Å²) in [7, 11) is 0. The second-order valence-corrected chi connectivity index (χ2v) is 6.07. The summed E-state index contributed by atoms with van der Waals surface area (Å²) in [4.78, 5) is 13.1. The van der Waals surface area contributed by atoms with Gasteiger partial charge in [-0.1, -0.05) is 41.1 Å².